The van der Waals surface area contributed by atoms with E-state index in [0.29, 0.717) is 42.5 Å². The third-order valence-corrected chi connectivity index (χ3v) is 6.44. The number of nitrogens with two attached hydrogens (primary N) is 1. The van der Waals surface area contributed by atoms with Crippen LogP contribution in [0.15, 0.2) is 53.2 Å². The van der Waals surface area contributed by atoms with E-state index in [-0.39, 0.29) is 17.6 Å². The Kier molecular flexibility index (Phi) is 5.83. The molecule has 1 atom stereocenters. The molecule has 2 aromatic carbocycles. The van der Waals surface area contributed by atoms with Crippen LogP contribution in [-0.4, -0.2) is 50.7 Å². The van der Waals surface area contributed by atoms with E-state index in [1.807, 2.05) is 25.1 Å². The third kappa shape index (κ3) is 4.05. The highest BCUT2D eigenvalue weighted by Crippen LogP contribution is 2.27. The average molecular weight is 478 g/mol. The standard InChI is InChI=1S/C25H24ClN5O3/c1-2-3-20-24(32)30(13-15-4-6-18-19(10-15)28-14-29-23(18)27)8-9-31(20)25(33)22-12-16-11-17(26)5-7-21(16)34-22/h4-7,10-12,14,20H,2-3,8-9,13H2,1H3,(H2,27,28,29). The maximum absolute atomic E-state index is 13.4. The number of carbonyl (C=O) groups is 2. The Labute approximate surface area is 201 Å². The number of benzene rings is 2. The minimum Gasteiger partial charge on any atom is -0.451 e. The Morgan fingerprint density at radius 3 is 2.85 bits per heavy atom. The smallest absolute Gasteiger partial charge is 0.290 e. The van der Waals surface area contributed by atoms with Crippen molar-refractivity contribution in [2.45, 2.75) is 32.4 Å². The molecule has 0 saturated carbocycles. The number of anilines is 1. The predicted octanol–water partition coefficient (Wildman–Crippen LogP) is 4.26. The minimum atomic E-state index is -0.540. The fourth-order valence-corrected chi connectivity index (χ4v) is 4.68. The van der Waals surface area contributed by atoms with Crippen LogP contribution in [0.25, 0.3) is 21.9 Å². The summed E-state index contributed by atoms with van der Waals surface area (Å²) in [6, 6.07) is 12.1. The molecule has 1 saturated heterocycles. The molecule has 2 amide bonds. The monoisotopic (exact) mass is 477 g/mol. The van der Waals surface area contributed by atoms with Crippen LogP contribution in [-0.2, 0) is 11.3 Å². The van der Waals surface area contributed by atoms with Crippen molar-refractivity contribution in [3.63, 3.8) is 0 Å². The zero-order valence-electron chi connectivity index (χ0n) is 18.7. The number of furan rings is 1. The second-order valence-electron chi connectivity index (χ2n) is 8.47. The Morgan fingerprint density at radius 2 is 2.03 bits per heavy atom. The van der Waals surface area contributed by atoms with Gasteiger partial charge in [-0.1, -0.05) is 31.0 Å². The highest BCUT2D eigenvalue weighted by Gasteiger charge is 2.38. The van der Waals surface area contributed by atoms with E-state index in [0.717, 1.165) is 28.3 Å². The number of halogens is 1. The van der Waals surface area contributed by atoms with Crippen molar-refractivity contribution < 1.29 is 14.0 Å². The van der Waals surface area contributed by atoms with E-state index in [4.69, 9.17) is 21.8 Å². The average Bonchev–Trinajstić information content (AvgIpc) is 3.25. The molecule has 5 rings (SSSR count). The molecule has 1 fully saturated rings. The fraction of sp³-hybridized carbons (Fsp3) is 0.280. The summed E-state index contributed by atoms with van der Waals surface area (Å²) in [4.78, 5) is 38.5. The summed E-state index contributed by atoms with van der Waals surface area (Å²) in [6.07, 6.45) is 2.78. The predicted molar refractivity (Wildman–Crippen MR) is 130 cm³/mol. The first-order valence-electron chi connectivity index (χ1n) is 11.2. The van der Waals surface area contributed by atoms with Crippen LogP contribution in [0.2, 0.25) is 5.02 Å². The van der Waals surface area contributed by atoms with E-state index in [1.54, 1.807) is 34.1 Å². The number of hydrogen-bond donors (Lipinski definition) is 1. The first kappa shape index (κ1) is 22.2. The van der Waals surface area contributed by atoms with Gasteiger partial charge in [0.05, 0.1) is 5.52 Å². The number of fused-ring (bicyclic) bond motifs is 2. The molecule has 34 heavy (non-hydrogen) atoms. The molecule has 2 aromatic heterocycles. The number of nitrogen functional groups attached to an aromatic ring is 1. The van der Waals surface area contributed by atoms with Crippen molar-refractivity contribution in [1.29, 1.82) is 0 Å². The van der Waals surface area contributed by atoms with Crippen molar-refractivity contribution in [3.05, 3.63) is 65.1 Å². The van der Waals surface area contributed by atoms with Gasteiger partial charge in [-0.15, -0.1) is 0 Å². The van der Waals surface area contributed by atoms with Gasteiger partial charge in [-0.3, -0.25) is 9.59 Å². The largest absolute Gasteiger partial charge is 0.451 e. The number of piperazine rings is 1. The van der Waals surface area contributed by atoms with Crippen molar-refractivity contribution in [3.8, 4) is 0 Å². The summed E-state index contributed by atoms with van der Waals surface area (Å²) in [5, 5.41) is 2.11. The van der Waals surface area contributed by atoms with Crippen LogP contribution in [0.5, 0.6) is 0 Å². The summed E-state index contributed by atoms with van der Waals surface area (Å²) in [6.45, 7) is 3.30. The van der Waals surface area contributed by atoms with E-state index in [2.05, 4.69) is 9.97 Å². The lowest BCUT2D eigenvalue weighted by molar-refractivity contribution is -0.141. The van der Waals surface area contributed by atoms with E-state index in [9.17, 15) is 9.59 Å². The van der Waals surface area contributed by atoms with E-state index < -0.39 is 6.04 Å². The Balaban J connectivity index is 1.37. The Bertz CT molecular complexity index is 1400. The van der Waals surface area contributed by atoms with E-state index >= 15 is 0 Å². The van der Waals surface area contributed by atoms with Crippen LogP contribution >= 0.6 is 11.6 Å². The molecule has 3 heterocycles. The van der Waals surface area contributed by atoms with Gasteiger partial charge < -0.3 is 20.0 Å². The molecule has 1 aliphatic heterocycles. The molecule has 4 aromatic rings. The summed E-state index contributed by atoms with van der Waals surface area (Å²) in [5.41, 5.74) is 8.19. The number of rotatable bonds is 5. The molecular weight excluding hydrogens is 454 g/mol. The van der Waals surface area contributed by atoms with Gasteiger partial charge in [-0.25, -0.2) is 9.97 Å². The van der Waals surface area contributed by atoms with Gasteiger partial charge in [-0.2, -0.15) is 0 Å². The molecule has 1 aliphatic rings. The highest BCUT2D eigenvalue weighted by molar-refractivity contribution is 6.31. The quantitative estimate of drug-likeness (QED) is 0.460. The SMILES string of the molecule is CCCC1C(=O)N(Cc2ccc3c(N)ncnc3c2)CCN1C(=O)c1cc2cc(Cl)ccc2o1. The first-order valence-corrected chi connectivity index (χ1v) is 11.6. The molecule has 0 spiro atoms. The molecule has 1 unspecified atom stereocenters. The van der Waals surface area contributed by atoms with Gasteiger partial charge in [-0.05, 0) is 48.4 Å². The van der Waals surface area contributed by atoms with Crippen LogP contribution in [0, 0.1) is 0 Å². The lowest BCUT2D eigenvalue weighted by Gasteiger charge is -2.40. The zero-order valence-corrected chi connectivity index (χ0v) is 19.5. The molecule has 9 heteroatoms. The van der Waals surface area contributed by atoms with Crippen LogP contribution in [0.4, 0.5) is 5.82 Å². The lowest BCUT2D eigenvalue weighted by Crippen LogP contribution is -2.58. The van der Waals surface area contributed by atoms with Crippen LogP contribution < -0.4 is 5.73 Å². The van der Waals surface area contributed by atoms with Crippen LogP contribution in [0.3, 0.4) is 0 Å². The first-order chi connectivity index (χ1) is 16.4. The maximum Gasteiger partial charge on any atom is 0.290 e. The minimum absolute atomic E-state index is 0.0668. The van der Waals surface area contributed by atoms with Crippen molar-refractivity contribution >= 4 is 51.1 Å². The maximum atomic E-state index is 13.4. The molecule has 0 aliphatic carbocycles. The van der Waals surface area contributed by atoms with Gasteiger partial charge in [0.1, 0.15) is 23.8 Å². The molecule has 0 bridgehead atoms. The van der Waals surface area contributed by atoms with Gasteiger partial charge in [0, 0.05) is 35.4 Å². The van der Waals surface area contributed by atoms with Crippen molar-refractivity contribution in [2.24, 2.45) is 0 Å². The van der Waals surface area contributed by atoms with Crippen molar-refractivity contribution in [2.75, 3.05) is 18.8 Å². The Morgan fingerprint density at radius 1 is 1.18 bits per heavy atom. The normalized spacial score (nSPS) is 16.5. The second kappa shape index (κ2) is 8.95. The third-order valence-electron chi connectivity index (χ3n) is 6.20. The second-order valence-corrected chi connectivity index (χ2v) is 8.90. The zero-order chi connectivity index (χ0) is 23.8. The number of aromatic nitrogens is 2. The van der Waals surface area contributed by atoms with Crippen molar-refractivity contribution in [1.82, 2.24) is 19.8 Å². The lowest BCUT2D eigenvalue weighted by atomic mass is 10.0. The summed E-state index contributed by atoms with van der Waals surface area (Å²) in [5.74, 6) is 0.293. The van der Waals surface area contributed by atoms with Gasteiger partial charge >= 0.3 is 0 Å². The van der Waals surface area contributed by atoms with Gasteiger partial charge in [0.25, 0.3) is 5.91 Å². The summed E-state index contributed by atoms with van der Waals surface area (Å²) >= 11 is 6.06. The molecular formula is C25H24ClN5O3. The van der Waals surface area contributed by atoms with Gasteiger partial charge in [0.15, 0.2) is 5.76 Å². The summed E-state index contributed by atoms with van der Waals surface area (Å²) in [7, 11) is 0. The van der Waals surface area contributed by atoms with E-state index in [1.165, 1.54) is 6.33 Å². The number of nitrogens with zero attached hydrogens (tertiary/aromatic N) is 4. The molecule has 8 nitrogen and oxygen atoms in total. The molecule has 0 radical (unpaired) electrons. The van der Waals surface area contributed by atoms with Crippen LogP contribution in [0.1, 0.15) is 35.9 Å². The number of hydrogen-bond acceptors (Lipinski definition) is 6. The fourth-order valence-electron chi connectivity index (χ4n) is 4.49. The topological polar surface area (TPSA) is 106 Å². The highest BCUT2D eigenvalue weighted by atomic mass is 35.5. The number of amides is 2. The Hall–Kier alpha value is -3.65. The number of carbonyl (C=O) groups excluding carboxylic acids is 2. The molecule has 2 N–H and O–H groups in total. The van der Waals surface area contributed by atoms with Gasteiger partial charge in [0.2, 0.25) is 5.91 Å². The molecule has 174 valence electrons. The summed E-state index contributed by atoms with van der Waals surface area (Å²) < 4.78 is 5.78.